The molecular formula is C13H19N5. The van der Waals surface area contributed by atoms with Crippen molar-refractivity contribution in [2.75, 3.05) is 0 Å². The van der Waals surface area contributed by atoms with Gasteiger partial charge in [-0.1, -0.05) is 0 Å². The van der Waals surface area contributed by atoms with E-state index in [1.165, 1.54) is 11.1 Å². The first-order valence-electron chi connectivity index (χ1n) is 6.23. The molecule has 2 rings (SSSR count). The van der Waals surface area contributed by atoms with Gasteiger partial charge in [0.15, 0.2) is 0 Å². The van der Waals surface area contributed by atoms with Crippen molar-refractivity contribution in [3.8, 4) is 0 Å². The van der Waals surface area contributed by atoms with Crippen LogP contribution in [0.15, 0.2) is 24.7 Å². The second-order valence-electron chi connectivity index (χ2n) is 4.36. The van der Waals surface area contributed by atoms with Crippen LogP contribution in [-0.2, 0) is 13.1 Å². The summed E-state index contributed by atoms with van der Waals surface area (Å²) in [4.78, 5) is 5.86. The molecule has 18 heavy (non-hydrogen) atoms. The van der Waals surface area contributed by atoms with E-state index >= 15 is 0 Å². The van der Waals surface area contributed by atoms with Crippen LogP contribution in [0.3, 0.4) is 0 Å². The summed E-state index contributed by atoms with van der Waals surface area (Å²) in [5.41, 5.74) is 3.44. The van der Waals surface area contributed by atoms with Gasteiger partial charge in [0.25, 0.3) is 0 Å². The van der Waals surface area contributed by atoms with E-state index in [4.69, 9.17) is 0 Å². The third kappa shape index (κ3) is 2.92. The van der Waals surface area contributed by atoms with Crippen LogP contribution >= 0.6 is 0 Å². The van der Waals surface area contributed by atoms with Gasteiger partial charge in [-0.25, -0.2) is 0 Å². The largest absolute Gasteiger partial charge is 0.304 e. The van der Waals surface area contributed by atoms with Crippen molar-refractivity contribution in [1.29, 1.82) is 0 Å². The lowest BCUT2D eigenvalue weighted by molar-refractivity contribution is 0.536. The normalized spacial score (nSPS) is 12.6. The SMILES string of the molecule is CCn1ncc(CNC(C)c2cnccc2C)n1. The molecule has 0 spiro atoms. The molecule has 0 bridgehead atoms. The zero-order valence-electron chi connectivity index (χ0n) is 11.1. The van der Waals surface area contributed by atoms with Crippen LogP contribution in [0.1, 0.15) is 36.7 Å². The summed E-state index contributed by atoms with van der Waals surface area (Å²) in [6.45, 7) is 7.78. The zero-order chi connectivity index (χ0) is 13.0. The monoisotopic (exact) mass is 245 g/mol. The maximum Gasteiger partial charge on any atom is 0.0965 e. The molecule has 1 atom stereocenters. The number of aryl methyl sites for hydroxylation is 2. The standard InChI is InChI=1S/C13H19N5/c1-4-18-16-8-12(17-18)7-15-11(3)13-9-14-6-5-10(13)2/h5-6,8-9,11,15H,4,7H2,1-3H3. The van der Waals surface area contributed by atoms with Crippen LogP contribution < -0.4 is 5.32 Å². The molecule has 96 valence electrons. The minimum absolute atomic E-state index is 0.255. The summed E-state index contributed by atoms with van der Waals surface area (Å²) in [6, 6.07) is 2.28. The van der Waals surface area contributed by atoms with Crippen molar-refractivity contribution < 1.29 is 0 Å². The fourth-order valence-corrected chi connectivity index (χ4v) is 1.86. The van der Waals surface area contributed by atoms with Gasteiger partial charge in [0.05, 0.1) is 18.4 Å². The molecule has 0 saturated carbocycles. The Kier molecular flexibility index (Phi) is 4.04. The van der Waals surface area contributed by atoms with Crippen LogP contribution in [0.5, 0.6) is 0 Å². The molecule has 0 fully saturated rings. The molecule has 2 heterocycles. The van der Waals surface area contributed by atoms with Crippen molar-refractivity contribution in [3.63, 3.8) is 0 Å². The van der Waals surface area contributed by atoms with Crippen molar-refractivity contribution >= 4 is 0 Å². The van der Waals surface area contributed by atoms with Crippen molar-refractivity contribution in [1.82, 2.24) is 25.3 Å². The molecule has 0 aromatic carbocycles. The van der Waals surface area contributed by atoms with Crippen molar-refractivity contribution in [2.24, 2.45) is 0 Å². The average Bonchev–Trinajstić information content (AvgIpc) is 2.84. The van der Waals surface area contributed by atoms with E-state index in [0.717, 1.165) is 18.8 Å². The van der Waals surface area contributed by atoms with E-state index in [1.807, 2.05) is 25.4 Å². The second kappa shape index (κ2) is 5.73. The predicted octanol–water partition coefficient (Wildman–Crippen LogP) is 1.85. The molecule has 5 nitrogen and oxygen atoms in total. The molecule has 0 saturated heterocycles. The molecule has 1 unspecified atom stereocenters. The highest BCUT2D eigenvalue weighted by molar-refractivity contribution is 5.24. The predicted molar refractivity (Wildman–Crippen MR) is 69.9 cm³/mol. The fourth-order valence-electron chi connectivity index (χ4n) is 1.86. The molecule has 2 aromatic heterocycles. The van der Waals surface area contributed by atoms with Crippen LogP contribution in [0.25, 0.3) is 0 Å². The Morgan fingerprint density at radius 2 is 2.22 bits per heavy atom. The number of rotatable bonds is 5. The van der Waals surface area contributed by atoms with E-state index in [0.29, 0.717) is 0 Å². The van der Waals surface area contributed by atoms with Gasteiger partial charge in [-0.3, -0.25) is 4.98 Å². The van der Waals surface area contributed by atoms with Crippen LogP contribution in [0.2, 0.25) is 0 Å². The molecule has 0 aliphatic heterocycles. The van der Waals surface area contributed by atoms with Crippen molar-refractivity contribution in [2.45, 2.75) is 39.9 Å². The fraction of sp³-hybridized carbons (Fsp3) is 0.462. The van der Waals surface area contributed by atoms with Gasteiger partial charge >= 0.3 is 0 Å². The van der Waals surface area contributed by atoms with E-state index < -0.39 is 0 Å². The minimum atomic E-state index is 0.255. The summed E-state index contributed by atoms with van der Waals surface area (Å²) < 4.78 is 0. The number of nitrogens with zero attached hydrogens (tertiary/aromatic N) is 4. The Morgan fingerprint density at radius 3 is 2.89 bits per heavy atom. The second-order valence-corrected chi connectivity index (χ2v) is 4.36. The first-order valence-corrected chi connectivity index (χ1v) is 6.23. The average molecular weight is 245 g/mol. The third-order valence-corrected chi connectivity index (χ3v) is 3.00. The lowest BCUT2D eigenvalue weighted by Crippen LogP contribution is -2.19. The zero-order valence-corrected chi connectivity index (χ0v) is 11.1. The van der Waals surface area contributed by atoms with E-state index in [2.05, 4.69) is 34.3 Å². The van der Waals surface area contributed by atoms with Gasteiger partial charge in [-0.15, -0.1) is 0 Å². The van der Waals surface area contributed by atoms with Gasteiger partial charge in [0.2, 0.25) is 0 Å². The first kappa shape index (κ1) is 12.7. The molecule has 0 aliphatic rings. The Labute approximate surface area is 107 Å². The summed E-state index contributed by atoms with van der Waals surface area (Å²) in [7, 11) is 0. The van der Waals surface area contributed by atoms with E-state index in [9.17, 15) is 0 Å². The van der Waals surface area contributed by atoms with Crippen molar-refractivity contribution in [3.05, 3.63) is 41.5 Å². The van der Waals surface area contributed by atoms with E-state index in [1.54, 1.807) is 11.0 Å². The number of pyridine rings is 1. The maximum absolute atomic E-state index is 4.34. The highest BCUT2D eigenvalue weighted by Crippen LogP contribution is 2.15. The van der Waals surface area contributed by atoms with Crippen LogP contribution in [0.4, 0.5) is 0 Å². The topological polar surface area (TPSA) is 55.6 Å². The Bertz CT molecular complexity index is 506. The minimum Gasteiger partial charge on any atom is -0.304 e. The Hall–Kier alpha value is -1.75. The molecule has 0 radical (unpaired) electrons. The van der Waals surface area contributed by atoms with Crippen LogP contribution in [0, 0.1) is 6.92 Å². The molecule has 1 N–H and O–H groups in total. The quantitative estimate of drug-likeness (QED) is 0.873. The van der Waals surface area contributed by atoms with Gasteiger partial charge in [-0.2, -0.15) is 15.0 Å². The smallest absolute Gasteiger partial charge is 0.0965 e. The highest BCUT2D eigenvalue weighted by Gasteiger charge is 2.08. The Morgan fingerprint density at radius 1 is 1.39 bits per heavy atom. The summed E-state index contributed by atoms with van der Waals surface area (Å²) in [5.74, 6) is 0. The van der Waals surface area contributed by atoms with Crippen LogP contribution in [-0.4, -0.2) is 20.0 Å². The van der Waals surface area contributed by atoms with Gasteiger partial charge in [0, 0.05) is 25.0 Å². The summed E-state index contributed by atoms with van der Waals surface area (Å²) in [5, 5.41) is 11.9. The first-order chi connectivity index (χ1) is 8.70. The molecule has 2 aromatic rings. The molecular weight excluding hydrogens is 226 g/mol. The molecule has 5 heteroatoms. The number of hydrogen-bond acceptors (Lipinski definition) is 4. The van der Waals surface area contributed by atoms with Gasteiger partial charge < -0.3 is 5.32 Å². The molecule has 0 aliphatic carbocycles. The summed E-state index contributed by atoms with van der Waals surface area (Å²) >= 11 is 0. The number of hydrogen-bond donors (Lipinski definition) is 1. The lowest BCUT2D eigenvalue weighted by Gasteiger charge is -2.14. The van der Waals surface area contributed by atoms with Gasteiger partial charge in [0.1, 0.15) is 0 Å². The van der Waals surface area contributed by atoms with E-state index in [-0.39, 0.29) is 6.04 Å². The third-order valence-electron chi connectivity index (χ3n) is 3.00. The number of nitrogens with one attached hydrogen (secondary N) is 1. The maximum atomic E-state index is 4.34. The number of aromatic nitrogens is 4. The lowest BCUT2D eigenvalue weighted by atomic mass is 10.1. The Balaban J connectivity index is 1.96. The van der Waals surface area contributed by atoms with Gasteiger partial charge in [-0.05, 0) is 38.0 Å². The highest BCUT2D eigenvalue weighted by atomic mass is 15.5. The summed E-state index contributed by atoms with van der Waals surface area (Å²) in [6.07, 6.45) is 5.54. The molecule has 0 amide bonds.